The second kappa shape index (κ2) is 3.06. The maximum atomic E-state index is 11.0. The van der Waals surface area contributed by atoms with Crippen LogP contribution in [0.1, 0.15) is 13.8 Å². The summed E-state index contributed by atoms with van der Waals surface area (Å²) >= 11 is 3.83. The second-order valence-corrected chi connectivity index (χ2v) is 3.94. The zero-order valence-corrected chi connectivity index (χ0v) is 8.22. The number of carbonyl (C=O) groups excluding carboxylic acids is 1. The molecule has 0 aromatic heterocycles. The summed E-state index contributed by atoms with van der Waals surface area (Å²) in [6.45, 7) is 3.47. The topological polar surface area (TPSA) is 63.6 Å². The number of aliphatic carboxylic acids is 1. The molecular weight excluding hydrogens is 192 g/mol. The van der Waals surface area contributed by atoms with Crippen LogP contribution in [0.5, 0.6) is 0 Å². The first kappa shape index (κ1) is 10.1. The Labute approximate surface area is 81.0 Å². The highest BCUT2D eigenvalue weighted by Gasteiger charge is 2.38. The van der Waals surface area contributed by atoms with E-state index in [0.717, 1.165) is 0 Å². The minimum atomic E-state index is -1.12. The van der Waals surface area contributed by atoms with Crippen molar-refractivity contribution in [1.29, 1.82) is 0 Å². The molecule has 0 amide bonds. The van der Waals surface area contributed by atoms with Gasteiger partial charge in [0.15, 0.2) is 0 Å². The number of carbonyl (C=O) groups is 2. The molecule has 0 unspecified atom stereocenters. The van der Waals surface area contributed by atoms with E-state index >= 15 is 0 Å². The smallest absolute Gasteiger partial charge is 0.344 e. The first-order valence-electron chi connectivity index (χ1n) is 3.70. The second-order valence-electron chi connectivity index (χ2n) is 3.49. The summed E-state index contributed by atoms with van der Waals surface area (Å²) in [5.74, 6) is -1.79. The van der Waals surface area contributed by atoms with Crippen LogP contribution in [0.25, 0.3) is 0 Å². The largest absolute Gasteiger partial charge is 0.478 e. The van der Waals surface area contributed by atoms with E-state index in [2.05, 4.69) is 12.6 Å². The maximum absolute atomic E-state index is 11.0. The van der Waals surface area contributed by atoms with Gasteiger partial charge >= 0.3 is 11.9 Å². The zero-order valence-electron chi connectivity index (χ0n) is 7.33. The molecule has 1 aliphatic rings. The van der Waals surface area contributed by atoms with Gasteiger partial charge in [0.05, 0.1) is 5.57 Å². The lowest BCUT2D eigenvalue weighted by Crippen LogP contribution is -2.34. The number of esters is 1. The number of ether oxygens (including phenoxy) is 1. The number of rotatable bonds is 1. The van der Waals surface area contributed by atoms with Crippen molar-refractivity contribution in [1.82, 2.24) is 0 Å². The predicted octanol–water partition coefficient (Wildman–Crippen LogP) is 0.838. The van der Waals surface area contributed by atoms with Gasteiger partial charge in [-0.25, -0.2) is 9.59 Å². The predicted molar refractivity (Wildman–Crippen MR) is 48.4 cm³/mol. The third-order valence-corrected chi connectivity index (χ3v) is 2.29. The molecule has 13 heavy (non-hydrogen) atoms. The average molecular weight is 202 g/mol. The molecule has 0 spiro atoms. The number of carboxylic acids is 1. The van der Waals surface area contributed by atoms with Crippen LogP contribution in [0.15, 0.2) is 10.5 Å². The Morgan fingerprint density at radius 2 is 2.15 bits per heavy atom. The van der Waals surface area contributed by atoms with Crippen LogP contribution in [0.2, 0.25) is 0 Å². The Morgan fingerprint density at radius 1 is 1.62 bits per heavy atom. The van der Waals surface area contributed by atoms with Crippen molar-refractivity contribution in [3.63, 3.8) is 0 Å². The van der Waals surface area contributed by atoms with Crippen molar-refractivity contribution in [2.24, 2.45) is 5.41 Å². The van der Waals surface area contributed by atoms with E-state index in [0.29, 0.717) is 0 Å². The first-order chi connectivity index (χ1) is 5.86. The molecule has 0 saturated heterocycles. The summed E-state index contributed by atoms with van der Waals surface area (Å²) in [6.07, 6.45) is 0. The lowest BCUT2D eigenvalue weighted by molar-refractivity contribution is -0.146. The van der Waals surface area contributed by atoms with Gasteiger partial charge in [0.2, 0.25) is 0 Å². The highest BCUT2D eigenvalue weighted by molar-refractivity contribution is 7.85. The molecule has 1 N–H and O–H groups in total. The molecule has 0 bridgehead atoms. The third kappa shape index (κ3) is 1.70. The maximum Gasteiger partial charge on any atom is 0.344 e. The van der Waals surface area contributed by atoms with Crippen molar-refractivity contribution in [2.45, 2.75) is 13.8 Å². The van der Waals surface area contributed by atoms with Crippen molar-refractivity contribution < 1.29 is 19.4 Å². The summed E-state index contributed by atoms with van der Waals surface area (Å²) in [5.41, 5.74) is -0.649. The van der Waals surface area contributed by atoms with E-state index in [-0.39, 0.29) is 17.1 Å². The molecule has 0 aromatic rings. The quantitative estimate of drug-likeness (QED) is 0.488. The summed E-state index contributed by atoms with van der Waals surface area (Å²) in [6, 6.07) is 0. The molecule has 0 atom stereocenters. The van der Waals surface area contributed by atoms with Crippen molar-refractivity contribution in [3.05, 3.63) is 10.5 Å². The lowest BCUT2D eigenvalue weighted by atomic mass is 9.83. The zero-order chi connectivity index (χ0) is 10.2. The summed E-state index contributed by atoms with van der Waals surface area (Å²) in [7, 11) is 0. The van der Waals surface area contributed by atoms with Gasteiger partial charge in [-0.05, 0) is 0 Å². The van der Waals surface area contributed by atoms with Gasteiger partial charge in [-0.15, -0.1) is 12.6 Å². The molecule has 0 fully saturated rings. The Morgan fingerprint density at radius 3 is 2.54 bits per heavy atom. The number of hydrogen-bond donors (Lipinski definition) is 2. The molecule has 0 saturated carbocycles. The number of cyclic esters (lactones) is 1. The van der Waals surface area contributed by atoms with Crippen molar-refractivity contribution in [3.8, 4) is 0 Å². The Hall–Kier alpha value is -0.970. The monoisotopic (exact) mass is 202 g/mol. The molecular formula is C8H10O4S. The van der Waals surface area contributed by atoms with E-state index in [1.165, 1.54) is 0 Å². The van der Waals surface area contributed by atoms with E-state index in [9.17, 15) is 9.59 Å². The van der Waals surface area contributed by atoms with Crippen LogP contribution < -0.4 is 0 Å². The van der Waals surface area contributed by atoms with Crippen LogP contribution in [-0.2, 0) is 14.3 Å². The third-order valence-electron chi connectivity index (χ3n) is 1.88. The van der Waals surface area contributed by atoms with Gasteiger partial charge in [-0.3, -0.25) is 0 Å². The summed E-state index contributed by atoms with van der Waals surface area (Å²) in [4.78, 5) is 21.7. The van der Waals surface area contributed by atoms with Crippen molar-refractivity contribution in [2.75, 3.05) is 6.61 Å². The van der Waals surface area contributed by atoms with Gasteiger partial charge in [-0.2, -0.15) is 0 Å². The Bertz CT molecular complexity index is 303. The highest BCUT2D eigenvalue weighted by Crippen LogP contribution is 2.35. The minimum Gasteiger partial charge on any atom is -0.478 e. The molecule has 5 heteroatoms. The van der Waals surface area contributed by atoms with Gasteiger partial charge < -0.3 is 9.84 Å². The van der Waals surface area contributed by atoms with Gasteiger partial charge in [-0.1, -0.05) is 13.8 Å². The highest BCUT2D eigenvalue weighted by atomic mass is 32.1. The molecule has 0 aromatic carbocycles. The Balaban J connectivity index is 3.25. The van der Waals surface area contributed by atoms with Crippen molar-refractivity contribution >= 4 is 24.6 Å². The first-order valence-corrected chi connectivity index (χ1v) is 4.15. The van der Waals surface area contributed by atoms with Gasteiger partial charge in [0.25, 0.3) is 0 Å². The van der Waals surface area contributed by atoms with Crippen LogP contribution in [0.4, 0.5) is 0 Å². The summed E-state index contributed by atoms with van der Waals surface area (Å²) < 4.78 is 4.75. The van der Waals surface area contributed by atoms with E-state index < -0.39 is 17.4 Å². The normalized spacial score (nSPS) is 21.3. The molecule has 72 valence electrons. The van der Waals surface area contributed by atoms with Crippen LogP contribution in [-0.4, -0.2) is 23.7 Å². The van der Waals surface area contributed by atoms with Gasteiger partial charge in [0, 0.05) is 5.41 Å². The standard InChI is InChI=1S/C8H10O4S/c1-8(2)3-12-7(11)5(13)4(8)6(9)10/h13H,3H2,1-2H3,(H,9,10). The minimum absolute atomic E-state index is 0.0204. The van der Waals surface area contributed by atoms with Gasteiger partial charge in [0.1, 0.15) is 11.5 Å². The Kier molecular flexibility index (Phi) is 2.38. The lowest BCUT2D eigenvalue weighted by Gasteiger charge is -2.29. The molecule has 1 rings (SSSR count). The molecule has 4 nitrogen and oxygen atoms in total. The number of carboxylic acid groups (broad SMARTS) is 1. The van der Waals surface area contributed by atoms with Crippen LogP contribution in [0.3, 0.4) is 0 Å². The fourth-order valence-electron chi connectivity index (χ4n) is 1.20. The average Bonchev–Trinajstić information content (AvgIpc) is 1.96. The van der Waals surface area contributed by atoms with Crippen LogP contribution in [0, 0.1) is 5.41 Å². The number of thiol groups is 1. The van der Waals surface area contributed by atoms with Crippen LogP contribution >= 0.6 is 12.6 Å². The molecule has 1 heterocycles. The SMILES string of the molecule is CC1(C)COC(=O)C(S)=C1C(=O)O. The van der Waals surface area contributed by atoms with E-state index in [4.69, 9.17) is 9.84 Å². The van der Waals surface area contributed by atoms with E-state index in [1.807, 2.05) is 0 Å². The number of hydrogen-bond acceptors (Lipinski definition) is 4. The fraction of sp³-hybridized carbons (Fsp3) is 0.500. The van der Waals surface area contributed by atoms with E-state index in [1.54, 1.807) is 13.8 Å². The fourth-order valence-corrected chi connectivity index (χ4v) is 1.66. The molecule has 0 aliphatic carbocycles. The molecule has 1 aliphatic heterocycles. The summed E-state index contributed by atoms with van der Waals surface area (Å²) in [5, 5.41) is 8.85. The molecule has 0 radical (unpaired) electrons.